The van der Waals surface area contributed by atoms with Gasteiger partial charge in [-0.2, -0.15) is 0 Å². The van der Waals surface area contributed by atoms with E-state index in [1.54, 1.807) is 7.11 Å². The summed E-state index contributed by atoms with van der Waals surface area (Å²) in [5.74, 6) is 1.68. The van der Waals surface area contributed by atoms with Crippen LogP contribution in [0.2, 0.25) is 0 Å². The molecule has 1 N–H and O–H groups in total. The Balaban J connectivity index is 2.20. The van der Waals surface area contributed by atoms with Crippen LogP contribution in [-0.2, 0) is 4.74 Å². The summed E-state index contributed by atoms with van der Waals surface area (Å²) in [7, 11) is 3.72. The van der Waals surface area contributed by atoms with E-state index < -0.39 is 0 Å². The van der Waals surface area contributed by atoms with Crippen molar-refractivity contribution < 1.29 is 14.2 Å². The van der Waals surface area contributed by atoms with Gasteiger partial charge in [0.15, 0.2) is 11.5 Å². The lowest BCUT2D eigenvalue weighted by Crippen LogP contribution is -2.30. The first-order valence-electron chi connectivity index (χ1n) is 7.18. The number of methoxy groups -OCH3 is 1. The fourth-order valence-electron chi connectivity index (χ4n) is 2.36. The van der Waals surface area contributed by atoms with Crippen LogP contribution in [0.1, 0.15) is 38.3 Å². The van der Waals surface area contributed by atoms with Crippen molar-refractivity contribution in [2.45, 2.75) is 38.3 Å². The van der Waals surface area contributed by atoms with E-state index in [4.69, 9.17) is 14.2 Å². The summed E-state index contributed by atoms with van der Waals surface area (Å²) >= 11 is 0. The Morgan fingerprint density at radius 1 is 1.25 bits per heavy atom. The molecule has 0 radical (unpaired) electrons. The molecule has 1 aromatic carbocycles. The zero-order valence-electron chi connectivity index (χ0n) is 12.9. The highest BCUT2D eigenvalue weighted by Gasteiger charge is 2.24. The first kappa shape index (κ1) is 15.1. The second-order valence-corrected chi connectivity index (χ2v) is 5.77. The summed E-state index contributed by atoms with van der Waals surface area (Å²) in [6.45, 7) is 5.63. The van der Waals surface area contributed by atoms with Crippen molar-refractivity contribution in [2.24, 2.45) is 0 Å². The lowest BCUT2D eigenvalue weighted by Gasteiger charge is -2.29. The average molecular weight is 279 g/mol. The van der Waals surface area contributed by atoms with Crippen LogP contribution in [0.3, 0.4) is 0 Å². The van der Waals surface area contributed by atoms with E-state index in [2.05, 4.69) is 31.3 Å². The van der Waals surface area contributed by atoms with Crippen molar-refractivity contribution in [3.8, 4) is 11.5 Å². The van der Waals surface area contributed by atoms with E-state index >= 15 is 0 Å². The molecular formula is C16H25NO3. The number of hydrogen-bond donors (Lipinski definition) is 1. The molecule has 112 valence electrons. The van der Waals surface area contributed by atoms with Crippen LogP contribution in [0, 0.1) is 0 Å². The van der Waals surface area contributed by atoms with Crippen molar-refractivity contribution in [1.29, 1.82) is 0 Å². The highest BCUT2D eigenvalue weighted by Crippen LogP contribution is 2.34. The molecule has 20 heavy (non-hydrogen) atoms. The van der Waals surface area contributed by atoms with Crippen molar-refractivity contribution >= 4 is 0 Å². The molecule has 4 nitrogen and oxygen atoms in total. The summed E-state index contributed by atoms with van der Waals surface area (Å²) in [4.78, 5) is 0. The summed E-state index contributed by atoms with van der Waals surface area (Å²) < 4.78 is 17.0. The molecule has 1 heterocycles. The Kier molecular flexibility index (Phi) is 4.89. The van der Waals surface area contributed by atoms with Crippen LogP contribution >= 0.6 is 0 Å². The molecule has 1 aliphatic heterocycles. The van der Waals surface area contributed by atoms with Gasteiger partial charge in [-0.1, -0.05) is 6.07 Å². The van der Waals surface area contributed by atoms with Gasteiger partial charge in [-0.3, -0.25) is 0 Å². The molecule has 0 aromatic heterocycles. The Morgan fingerprint density at radius 2 is 1.95 bits per heavy atom. The molecule has 0 bridgehead atoms. The molecule has 1 atom stereocenters. The molecule has 0 saturated carbocycles. The minimum Gasteiger partial charge on any atom is -0.490 e. The molecule has 0 aliphatic carbocycles. The second kappa shape index (κ2) is 6.46. The van der Waals surface area contributed by atoms with Crippen LogP contribution in [-0.4, -0.2) is 33.0 Å². The SMILES string of the molecule is CNC(CC(C)(C)OC)c1ccc2c(c1)OCCCO2. The summed E-state index contributed by atoms with van der Waals surface area (Å²) in [5.41, 5.74) is 1.03. The molecule has 0 amide bonds. The third-order valence-corrected chi connectivity index (χ3v) is 3.77. The molecule has 0 saturated heterocycles. The largest absolute Gasteiger partial charge is 0.490 e. The van der Waals surface area contributed by atoms with E-state index in [0.29, 0.717) is 6.61 Å². The van der Waals surface area contributed by atoms with E-state index in [-0.39, 0.29) is 11.6 Å². The van der Waals surface area contributed by atoms with Crippen LogP contribution in [0.5, 0.6) is 11.5 Å². The Labute approximate surface area is 121 Å². The second-order valence-electron chi connectivity index (χ2n) is 5.77. The maximum Gasteiger partial charge on any atom is 0.161 e. The number of rotatable bonds is 5. The van der Waals surface area contributed by atoms with Crippen LogP contribution < -0.4 is 14.8 Å². The zero-order valence-corrected chi connectivity index (χ0v) is 12.9. The van der Waals surface area contributed by atoms with Crippen molar-refractivity contribution in [1.82, 2.24) is 5.32 Å². The lowest BCUT2D eigenvalue weighted by atomic mass is 9.93. The van der Waals surface area contributed by atoms with Gasteiger partial charge >= 0.3 is 0 Å². The first-order chi connectivity index (χ1) is 9.55. The Hall–Kier alpha value is -1.26. The third-order valence-electron chi connectivity index (χ3n) is 3.77. The topological polar surface area (TPSA) is 39.7 Å². The molecule has 1 unspecified atom stereocenters. The monoisotopic (exact) mass is 279 g/mol. The van der Waals surface area contributed by atoms with Crippen LogP contribution in [0.15, 0.2) is 18.2 Å². The van der Waals surface area contributed by atoms with Gasteiger partial charge in [-0.15, -0.1) is 0 Å². The highest BCUT2D eigenvalue weighted by molar-refractivity contribution is 5.44. The first-order valence-corrected chi connectivity index (χ1v) is 7.18. The standard InChI is InChI=1S/C16H25NO3/c1-16(2,18-4)11-13(17-3)12-6-7-14-15(10-12)20-9-5-8-19-14/h6-7,10,13,17H,5,8-9,11H2,1-4H3. The molecule has 4 heteroatoms. The fourth-order valence-corrected chi connectivity index (χ4v) is 2.36. The minimum atomic E-state index is -0.169. The number of fused-ring (bicyclic) bond motifs is 1. The maximum absolute atomic E-state index is 5.76. The summed E-state index contributed by atoms with van der Waals surface area (Å²) in [6.07, 6.45) is 1.82. The fraction of sp³-hybridized carbons (Fsp3) is 0.625. The predicted molar refractivity (Wildman–Crippen MR) is 79.6 cm³/mol. The van der Waals surface area contributed by atoms with E-state index in [1.165, 1.54) is 5.56 Å². The molecule has 1 aromatic rings. The van der Waals surface area contributed by atoms with Gasteiger partial charge in [0, 0.05) is 19.6 Å². The summed E-state index contributed by atoms with van der Waals surface area (Å²) in [5, 5.41) is 3.35. The van der Waals surface area contributed by atoms with Gasteiger partial charge in [0.2, 0.25) is 0 Å². The highest BCUT2D eigenvalue weighted by atomic mass is 16.5. The Bertz CT molecular complexity index is 445. The van der Waals surface area contributed by atoms with Gasteiger partial charge in [-0.05, 0) is 45.0 Å². The van der Waals surface area contributed by atoms with Gasteiger partial charge < -0.3 is 19.5 Å². The predicted octanol–water partition coefficient (Wildman–Crippen LogP) is 2.92. The van der Waals surface area contributed by atoms with Crippen molar-refractivity contribution in [3.05, 3.63) is 23.8 Å². The van der Waals surface area contributed by atoms with E-state index in [0.717, 1.165) is 30.9 Å². The van der Waals surface area contributed by atoms with Crippen molar-refractivity contribution in [2.75, 3.05) is 27.4 Å². The third kappa shape index (κ3) is 3.64. The van der Waals surface area contributed by atoms with Crippen LogP contribution in [0.25, 0.3) is 0 Å². The van der Waals surface area contributed by atoms with Crippen molar-refractivity contribution in [3.63, 3.8) is 0 Å². The smallest absolute Gasteiger partial charge is 0.161 e. The number of nitrogens with one attached hydrogen (secondary N) is 1. The van der Waals surface area contributed by atoms with Gasteiger partial charge in [0.25, 0.3) is 0 Å². The molecule has 2 rings (SSSR count). The van der Waals surface area contributed by atoms with Crippen LogP contribution in [0.4, 0.5) is 0 Å². The number of hydrogen-bond acceptors (Lipinski definition) is 4. The van der Waals surface area contributed by atoms with E-state index in [1.807, 2.05) is 13.1 Å². The molecule has 0 fully saturated rings. The quantitative estimate of drug-likeness (QED) is 0.899. The minimum absolute atomic E-state index is 0.169. The molecular weight excluding hydrogens is 254 g/mol. The number of benzene rings is 1. The zero-order chi connectivity index (χ0) is 14.6. The average Bonchev–Trinajstić information content (AvgIpc) is 2.69. The number of ether oxygens (including phenoxy) is 3. The maximum atomic E-state index is 5.76. The van der Waals surface area contributed by atoms with Gasteiger partial charge in [0.05, 0.1) is 18.8 Å². The van der Waals surface area contributed by atoms with Gasteiger partial charge in [0.1, 0.15) is 0 Å². The Morgan fingerprint density at radius 3 is 2.60 bits per heavy atom. The van der Waals surface area contributed by atoms with Gasteiger partial charge in [-0.25, -0.2) is 0 Å². The summed E-state index contributed by atoms with van der Waals surface area (Å²) in [6, 6.07) is 6.40. The lowest BCUT2D eigenvalue weighted by molar-refractivity contribution is 0.00742. The normalized spacial score (nSPS) is 16.6. The molecule has 1 aliphatic rings. The van der Waals surface area contributed by atoms with E-state index in [9.17, 15) is 0 Å². The molecule has 0 spiro atoms.